The number of oxazole rings is 1. The number of hydrogen-bond donors (Lipinski definition) is 0. The molecule has 0 N–H and O–H groups in total. The highest BCUT2D eigenvalue weighted by molar-refractivity contribution is 7.13. The molecule has 2 aliphatic heterocycles. The quantitative estimate of drug-likeness (QED) is 0.675. The summed E-state index contributed by atoms with van der Waals surface area (Å²) in [7, 11) is 0. The van der Waals surface area contributed by atoms with Crippen LogP contribution in [-0.4, -0.2) is 44.8 Å². The van der Waals surface area contributed by atoms with E-state index < -0.39 is 0 Å². The summed E-state index contributed by atoms with van der Waals surface area (Å²) in [6.45, 7) is 1.35. The molecule has 0 bridgehead atoms. The molecule has 0 spiro atoms. The molecule has 0 saturated carbocycles. The lowest BCUT2D eigenvalue weighted by Gasteiger charge is -2.27. The monoisotopic (exact) mass is 395 g/mol. The van der Waals surface area contributed by atoms with Gasteiger partial charge in [0.1, 0.15) is 11.5 Å². The van der Waals surface area contributed by atoms with E-state index in [9.17, 15) is 9.59 Å². The average molecular weight is 395 g/mol. The number of anilines is 1. The van der Waals surface area contributed by atoms with Gasteiger partial charge in [-0.2, -0.15) is 0 Å². The molecule has 0 aromatic carbocycles. The average Bonchev–Trinajstić information content (AvgIpc) is 3.46. The van der Waals surface area contributed by atoms with Crippen molar-refractivity contribution in [2.45, 2.75) is 19.4 Å². The number of fused-ring (bicyclic) bond motifs is 1. The van der Waals surface area contributed by atoms with Gasteiger partial charge in [-0.05, 0) is 12.1 Å². The van der Waals surface area contributed by atoms with E-state index in [2.05, 4.69) is 15.0 Å². The lowest BCUT2D eigenvalue weighted by atomic mass is 10.0. The molecule has 2 amide bonds. The standard InChI is InChI=1S/C19H17N5O3S/c25-16-8-13(10-24(16)19-21-5-7-28-19)18(26)23-6-3-15-14(11-23)22-17(27-15)12-2-1-4-20-9-12/h1-2,4-5,7,9,13H,3,6,8,10-11H2. The molecule has 1 saturated heterocycles. The lowest BCUT2D eigenvalue weighted by molar-refractivity contribution is -0.136. The van der Waals surface area contributed by atoms with Crippen LogP contribution >= 0.6 is 11.3 Å². The predicted octanol–water partition coefficient (Wildman–Crippen LogP) is 2.13. The van der Waals surface area contributed by atoms with Crippen LogP contribution < -0.4 is 4.90 Å². The molecule has 9 heteroatoms. The Morgan fingerprint density at radius 2 is 2.25 bits per heavy atom. The highest BCUT2D eigenvalue weighted by Crippen LogP contribution is 2.30. The van der Waals surface area contributed by atoms with Gasteiger partial charge in [0.2, 0.25) is 17.7 Å². The SMILES string of the molecule is O=C(C1CC(=O)N(c2nccs2)C1)N1CCc2oc(-c3cccnc3)nc2C1. The number of thiazole rings is 1. The van der Waals surface area contributed by atoms with Gasteiger partial charge in [0.25, 0.3) is 0 Å². The maximum atomic E-state index is 13.0. The fourth-order valence-corrected chi connectivity index (χ4v) is 4.33. The minimum absolute atomic E-state index is 0.0102. The van der Waals surface area contributed by atoms with Crippen molar-refractivity contribution in [1.82, 2.24) is 19.9 Å². The van der Waals surface area contributed by atoms with Crippen molar-refractivity contribution in [3.8, 4) is 11.5 Å². The molecule has 3 aromatic rings. The second-order valence-corrected chi connectivity index (χ2v) is 7.73. The van der Waals surface area contributed by atoms with Gasteiger partial charge in [0.05, 0.1) is 18.0 Å². The number of nitrogens with zero attached hydrogens (tertiary/aromatic N) is 5. The Bertz CT molecular complexity index is 1020. The molecule has 2 aliphatic rings. The van der Waals surface area contributed by atoms with Crippen LogP contribution in [0.2, 0.25) is 0 Å². The van der Waals surface area contributed by atoms with E-state index >= 15 is 0 Å². The van der Waals surface area contributed by atoms with Crippen LogP contribution in [0.25, 0.3) is 11.5 Å². The van der Waals surface area contributed by atoms with Crippen molar-refractivity contribution in [3.05, 3.63) is 47.6 Å². The van der Waals surface area contributed by atoms with E-state index in [1.54, 1.807) is 28.4 Å². The molecule has 5 rings (SSSR count). The summed E-state index contributed by atoms with van der Waals surface area (Å²) in [6.07, 6.45) is 5.91. The van der Waals surface area contributed by atoms with E-state index in [1.165, 1.54) is 11.3 Å². The van der Waals surface area contributed by atoms with E-state index in [-0.39, 0.29) is 24.2 Å². The first-order valence-electron chi connectivity index (χ1n) is 9.06. The van der Waals surface area contributed by atoms with Crippen LogP contribution in [0.15, 0.2) is 40.5 Å². The molecule has 28 heavy (non-hydrogen) atoms. The van der Waals surface area contributed by atoms with Crippen molar-refractivity contribution >= 4 is 28.3 Å². The number of pyridine rings is 1. The van der Waals surface area contributed by atoms with Crippen molar-refractivity contribution < 1.29 is 14.0 Å². The van der Waals surface area contributed by atoms with Crippen molar-refractivity contribution in [2.75, 3.05) is 18.0 Å². The van der Waals surface area contributed by atoms with Crippen LogP contribution in [0.4, 0.5) is 5.13 Å². The second kappa shape index (κ2) is 6.83. The second-order valence-electron chi connectivity index (χ2n) is 6.86. The van der Waals surface area contributed by atoms with Crippen LogP contribution in [-0.2, 0) is 22.6 Å². The van der Waals surface area contributed by atoms with Crippen LogP contribution in [0, 0.1) is 5.92 Å². The minimum atomic E-state index is -0.345. The Hall–Kier alpha value is -3.07. The van der Waals surface area contributed by atoms with Crippen LogP contribution in [0.3, 0.4) is 0 Å². The number of hydrogen-bond acceptors (Lipinski definition) is 7. The zero-order chi connectivity index (χ0) is 19.1. The maximum Gasteiger partial charge on any atom is 0.229 e. The van der Waals surface area contributed by atoms with Crippen molar-refractivity contribution in [3.63, 3.8) is 0 Å². The molecule has 3 aromatic heterocycles. The fourth-order valence-electron chi connectivity index (χ4n) is 3.66. The highest BCUT2D eigenvalue weighted by atomic mass is 32.1. The summed E-state index contributed by atoms with van der Waals surface area (Å²) in [6, 6.07) is 3.73. The molecule has 0 radical (unpaired) electrons. The lowest BCUT2D eigenvalue weighted by Crippen LogP contribution is -2.40. The van der Waals surface area contributed by atoms with Gasteiger partial charge in [-0.25, -0.2) is 9.97 Å². The number of carbonyl (C=O) groups excluding carboxylic acids is 2. The third-order valence-corrected chi connectivity index (χ3v) is 5.87. The van der Waals surface area contributed by atoms with E-state index in [4.69, 9.17) is 4.42 Å². The normalized spacial score (nSPS) is 19.1. The Labute approximate surface area is 164 Å². The summed E-state index contributed by atoms with van der Waals surface area (Å²) in [4.78, 5) is 41.6. The number of aromatic nitrogens is 3. The Balaban J connectivity index is 1.30. The maximum absolute atomic E-state index is 13.0. The topological polar surface area (TPSA) is 92.4 Å². The smallest absolute Gasteiger partial charge is 0.229 e. The summed E-state index contributed by atoms with van der Waals surface area (Å²) in [5.41, 5.74) is 1.59. The van der Waals surface area contributed by atoms with E-state index in [0.717, 1.165) is 17.0 Å². The van der Waals surface area contributed by atoms with Gasteiger partial charge in [0.15, 0.2) is 5.13 Å². The van der Waals surface area contributed by atoms with Gasteiger partial charge >= 0.3 is 0 Å². The fraction of sp³-hybridized carbons (Fsp3) is 0.316. The summed E-state index contributed by atoms with van der Waals surface area (Å²) in [5.74, 6) is 0.936. The van der Waals surface area contributed by atoms with E-state index in [0.29, 0.717) is 37.1 Å². The summed E-state index contributed by atoms with van der Waals surface area (Å²) in [5, 5.41) is 2.48. The molecular weight excluding hydrogens is 378 g/mol. The van der Waals surface area contributed by atoms with Gasteiger partial charge in [-0.3, -0.25) is 19.5 Å². The molecule has 8 nitrogen and oxygen atoms in total. The van der Waals surface area contributed by atoms with Crippen molar-refractivity contribution in [2.24, 2.45) is 5.92 Å². The number of amides is 2. The molecule has 5 heterocycles. The minimum Gasteiger partial charge on any atom is -0.441 e. The summed E-state index contributed by atoms with van der Waals surface area (Å²) < 4.78 is 5.87. The number of carbonyl (C=O) groups is 2. The Morgan fingerprint density at radius 1 is 1.32 bits per heavy atom. The van der Waals surface area contributed by atoms with Gasteiger partial charge in [-0.15, -0.1) is 11.3 Å². The first kappa shape index (κ1) is 17.1. The molecule has 1 fully saturated rings. The number of rotatable bonds is 3. The summed E-state index contributed by atoms with van der Waals surface area (Å²) >= 11 is 1.41. The van der Waals surface area contributed by atoms with E-state index in [1.807, 2.05) is 17.5 Å². The molecule has 0 aliphatic carbocycles. The largest absolute Gasteiger partial charge is 0.441 e. The van der Waals surface area contributed by atoms with Crippen LogP contribution in [0.1, 0.15) is 17.9 Å². The highest BCUT2D eigenvalue weighted by Gasteiger charge is 2.39. The Morgan fingerprint density at radius 3 is 3.04 bits per heavy atom. The third-order valence-electron chi connectivity index (χ3n) is 5.07. The van der Waals surface area contributed by atoms with Gasteiger partial charge < -0.3 is 9.32 Å². The third kappa shape index (κ3) is 2.97. The van der Waals surface area contributed by atoms with Crippen LogP contribution in [0.5, 0.6) is 0 Å². The first-order chi connectivity index (χ1) is 13.7. The predicted molar refractivity (Wildman–Crippen MR) is 101 cm³/mol. The van der Waals surface area contributed by atoms with Gasteiger partial charge in [0, 0.05) is 49.9 Å². The zero-order valence-corrected chi connectivity index (χ0v) is 15.8. The van der Waals surface area contributed by atoms with Gasteiger partial charge in [-0.1, -0.05) is 0 Å². The molecule has 1 atom stereocenters. The van der Waals surface area contributed by atoms with Crippen molar-refractivity contribution in [1.29, 1.82) is 0 Å². The zero-order valence-electron chi connectivity index (χ0n) is 14.9. The molecule has 142 valence electrons. The molecular formula is C19H17N5O3S. The molecule has 1 unspecified atom stereocenters. The first-order valence-corrected chi connectivity index (χ1v) is 9.94. The Kier molecular flexibility index (Phi) is 4.16.